The molecule has 2 aliphatic rings. The zero-order valence-corrected chi connectivity index (χ0v) is 17.2. The van der Waals surface area contributed by atoms with E-state index in [0.717, 1.165) is 16.8 Å². The Hall–Kier alpha value is -3.06. The molecule has 4 rings (SSSR count). The first kappa shape index (κ1) is 19.3. The number of anilines is 1. The van der Waals surface area contributed by atoms with Crippen LogP contribution in [-0.2, 0) is 9.59 Å². The van der Waals surface area contributed by atoms with Crippen LogP contribution in [-0.4, -0.2) is 34.7 Å². The first-order valence-electron chi connectivity index (χ1n) is 9.25. The highest BCUT2D eigenvalue weighted by atomic mass is 32.2. The summed E-state index contributed by atoms with van der Waals surface area (Å²) in [6, 6.07) is 14.5. The van der Waals surface area contributed by atoms with Gasteiger partial charge < -0.3 is 10.1 Å². The van der Waals surface area contributed by atoms with E-state index in [0.29, 0.717) is 27.9 Å². The van der Waals surface area contributed by atoms with Crippen LogP contribution in [0.4, 0.5) is 5.69 Å². The molecule has 7 heteroatoms. The number of carbonyl (C=O) groups is 2. The zero-order valence-electron chi connectivity index (χ0n) is 16.4. The molecule has 0 bridgehead atoms. The Morgan fingerprint density at radius 2 is 1.90 bits per heavy atom. The lowest BCUT2D eigenvalue weighted by Crippen LogP contribution is -2.40. The lowest BCUT2D eigenvalue weighted by Gasteiger charge is -2.33. The number of para-hydroxylation sites is 1. The third kappa shape index (κ3) is 3.53. The Kier molecular flexibility index (Phi) is 5.15. The van der Waals surface area contributed by atoms with Crippen LogP contribution < -0.4 is 10.1 Å². The Bertz CT molecular complexity index is 1040. The number of carbonyl (C=O) groups excluding carboxylic acids is 2. The van der Waals surface area contributed by atoms with Crippen molar-refractivity contribution < 1.29 is 14.3 Å². The van der Waals surface area contributed by atoms with Gasteiger partial charge in [-0.05, 0) is 43.2 Å². The topological polar surface area (TPSA) is 71.0 Å². The molecule has 1 saturated heterocycles. The summed E-state index contributed by atoms with van der Waals surface area (Å²) < 4.78 is 5.25. The van der Waals surface area contributed by atoms with Crippen molar-refractivity contribution in [2.45, 2.75) is 19.9 Å². The molecule has 1 fully saturated rings. The number of allylic oxidation sites excluding steroid dienone is 1. The minimum Gasteiger partial charge on any atom is -0.497 e. The van der Waals surface area contributed by atoms with Gasteiger partial charge in [-0.2, -0.15) is 0 Å². The highest BCUT2D eigenvalue weighted by Gasteiger charge is 2.42. The first-order valence-corrected chi connectivity index (χ1v) is 10.2. The Morgan fingerprint density at radius 3 is 2.59 bits per heavy atom. The number of nitrogens with one attached hydrogen (secondary N) is 1. The van der Waals surface area contributed by atoms with Crippen LogP contribution in [0.25, 0.3) is 0 Å². The second kappa shape index (κ2) is 7.75. The molecule has 2 amide bonds. The van der Waals surface area contributed by atoms with E-state index in [4.69, 9.17) is 4.74 Å². The number of fused-ring (bicyclic) bond motifs is 1. The van der Waals surface area contributed by atoms with E-state index in [9.17, 15) is 9.59 Å². The van der Waals surface area contributed by atoms with E-state index in [1.165, 1.54) is 11.8 Å². The number of methoxy groups -OCH3 is 1. The number of aryl methyl sites for hydroxylation is 1. The van der Waals surface area contributed by atoms with Gasteiger partial charge in [0.1, 0.15) is 5.75 Å². The Labute approximate surface area is 173 Å². The molecule has 1 atom stereocenters. The van der Waals surface area contributed by atoms with Crippen molar-refractivity contribution in [3.63, 3.8) is 0 Å². The molecule has 0 aliphatic carbocycles. The van der Waals surface area contributed by atoms with E-state index in [-0.39, 0.29) is 11.8 Å². The molecule has 2 aromatic carbocycles. The maximum Gasteiger partial charge on any atom is 0.255 e. The van der Waals surface area contributed by atoms with E-state index < -0.39 is 6.04 Å². The normalized spacial score (nSPS) is 18.4. The summed E-state index contributed by atoms with van der Waals surface area (Å²) in [4.78, 5) is 32.2. The summed E-state index contributed by atoms with van der Waals surface area (Å²) in [6.45, 7) is 3.76. The van der Waals surface area contributed by atoms with Crippen molar-refractivity contribution in [3.8, 4) is 5.75 Å². The van der Waals surface area contributed by atoms with Gasteiger partial charge in [0.05, 0.1) is 30.2 Å². The monoisotopic (exact) mass is 407 g/mol. The van der Waals surface area contributed by atoms with E-state index in [1.807, 2.05) is 62.4 Å². The molecule has 2 aliphatic heterocycles. The summed E-state index contributed by atoms with van der Waals surface area (Å²) in [6.07, 6.45) is 0. The van der Waals surface area contributed by atoms with Crippen LogP contribution in [0.15, 0.2) is 64.8 Å². The summed E-state index contributed by atoms with van der Waals surface area (Å²) in [7, 11) is 1.60. The standard InChI is InChI=1S/C22H21N3O3S/c1-13-6-4-5-7-17(13)24-21(27)19-14(2)23-22-25(18(26)12-29-22)20(19)15-8-10-16(28-3)11-9-15/h4-11,20H,12H2,1-3H3,(H,24,27). The third-order valence-corrected chi connectivity index (χ3v) is 5.99. The predicted octanol–water partition coefficient (Wildman–Crippen LogP) is 3.90. The van der Waals surface area contributed by atoms with Crippen LogP contribution in [0.1, 0.15) is 24.1 Å². The molecule has 29 heavy (non-hydrogen) atoms. The molecule has 1 N–H and O–H groups in total. The maximum absolute atomic E-state index is 13.3. The van der Waals surface area contributed by atoms with Crippen LogP contribution >= 0.6 is 11.8 Å². The van der Waals surface area contributed by atoms with Crippen LogP contribution in [0.5, 0.6) is 5.75 Å². The Morgan fingerprint density at radius 1 is 1.17 bits per heavy atom. The quantitative estimate of drug-likeness (QED) is 0.834. The highest BCUT2D eigenvalue weighted by Crippen LogP contribution is 2.41. The molecule has 0 radical (unpaired) electrons. The molecule has 0 spiro atoms. The number of aliphatic imine (C=N–C) groups is 1. The van der Waals surface area contributed by atoms with Crippen LogP contribution in [0.2, 0.25) is 0 Å². The number of hydrogen-bond donors (Lipinski definition) is 1. The van der Waals surface area contributed by atoms with Crippen molar-refractivity contribution in [1.29, 1.82) is 0 Å². The summed E-state index contributed by atoms with van der Waals surface area (Å²) in [5.41, 5.74) is 3.63. The minimum atomic E-state index is -0.528. The second-order valence-electron chi connectivity index (χ2n) is 6.89. The largest absolute Gasteiger partial charge is 0.497 e. The zero-order chi connectivity index (χ0) is 20.5. The average molecular weight is 407 g/mol. The van der Waals surface area contributed by atoms with Gasteiger partial charge in [-0.3, -0.25) is 14.5 Å². The van der Waals surface area contributed by atoms with Gasteiger partial charge in [-0.25, -0.2) is 4.99 Å². The smallest absolute Gasteiger partial charge is 0.255 e. The number of ether oxygens (including phenoxy) is 1. The number of rotatable bonds is 4. The molecule has 6 nitrogen and oxygen atoms in total. The van der Waals surface area contributed by atoms with Crippen molar-refractivity contribution in [1.82, 2.24) is 4.90 Å². The predicted molar refractivity (Wildman–Crippen MR) is 115 cm³/mol. The van der Waals surface area contributed by atoms with E-state index in [1.54, 1.807) is 12.0 Å². The van der Waals surface area contributed by atoms with Crippen molar-refractivity contribution in [2.75, 3.05) is 18.2 Å². The summed E-state index contributed by atoms with van der Waals surface area (Å²) >= 11 is 1.40. The molecular weight excluding hydrogens is 386 g/mol. The highest BCUT2D eigenvalue weighted by molar-refractivity contribution is 8.15. The number of nitrogens with zero attached hydrogens (tertiary/aromatic N) is 2. The number of amides is 2. The fourth-order valence-corrected chi connectivity index (χ4v) is 4.48. The van der Waals surface area contributed by atoms with E-state index in [2.05, 4.69) is 10.3 Å². The van der Waals surface area contributed by atoms with Crippen molar-refractivity contribution in [3.05, 3.63) is 70.9 Å². The fourth-order valence-electron chi connectivity index (χ4n) is 3.54. The lowest BCUT2D eigenvalue weighted by molar-refractivity contribution is -0.125. The fraction of sp³-hybridized carbons (Fsp3) is 0.227. The second-order valence-corrected chi connectivity index (χ2v) is 7.83. The average Bonchev–Trinajstić information content (AvgIpc) is 3.09. The van der Waals surface area contributed by atoms with E-state index >= 15 is 0 Å². The molecule has 0 saturated carbocycles. The number of amidine groups is 1. The van der Waals surface area contributed by atoms with Crippen LogP contribution in [0.3, 0.4) is 0 Å². The van der Waals surface area contributed by atoms with Gasteiger partial charge in [0, 0.05) is 5.69 Å². The van der Waals surface area contributed by atoms with Gasteiger partial charge in [-0.15, -0.1) is 0 Å². The van der Waals surface area contributed by atoms with Gasteiger partial charge in [-0.1, -0.05) is 42.1 Å². The SMILES string of the molecule is COc1ccc(C2C(C(=O)Nc3ccccc3C)=C(C)N=C3SCC(=O)N32)cc1. The van der Waals surface area contributed by atoms with Gasteiger partial charge in [0.15, 0.2) is 5.17 Å². The molecule has 2 heterocycles. The molecule has 1 unspecified atom stereocenters. The number of thioether (sulfide) groups is 1. The van der Waals surface area contributed by atoms with Crippen LogP contribution in [0, 0.1) is 6.92 Å². The van der Waals surface area contributed by atoms with Gasteiger partial charge >= 0.3 is 0 Å². The first-order chi connectivity index (χ1) is 14.0. The number of benzene rings is 2. The molecule has 2 aromatic rings. The molecular formula is C22H21N3O3S. The lowest BCUT2D eigenvalue weighted by atomic mass is 9.93. The number of hydrogen-bond acceptors (Lipinski definition) is 5. The Balaban J connectivity index is 1.77. The maximum atomic E-state index is 13.3. The van der Waals surface area contributed by atoms with Crippen molar-refractivity contribution in [2.24, 2.45) is 4.99 Å². The van der Waals surface area contributed by atoms with Gasteiger partial charge in [0.2, 0.25) is 5.91 Å². The molecule has 148 valence electrons. The van der Waals surface area contributed by atoms with Gasteiger partial charge in [0.25, 0.3) is 5.91 Å². The summed E-state index contributed by atoms with van der Waals surface area (Å²) in [5, 5.41) is 3.63. The minimum absolute atomic E-state index is 0.0525. The third-order valence-electron chi connectivity index (χ3n) is 5.05. The van der Waals surface area contributed by atoms with Crippen molar-refractivity contribution >= 4 is 34.4 Å². The summed E-state index contributed by atoms with van der Waals surface area (Å²) in [5.74, 6) is 0.728. The molecule has 0 aromatic heterocycles.